The zero-order chi connectivity index (χ0) is 19.2. The fourth-order valence-electron chi connectivity index (χ4n) is 4.36. The van der Waals surface area contributed by atoms with E-state index in [1.165, 1.54) is 12.8 Å². The smallest absolute Gasteiger partial charge is 0.317 e. The Hall–Kier alpha value is -1.67. The molecule has 0 atom stereocenters. The van der Waals surface area contributed by atoms with Crippen molar-refractivity contribution in [1.82, 2.24) is 20.4 Å². The second-order valence-corrected chi connectivity index (χ2v) is 8.17. The molecule has 0 unspecified atom stereocenters. The Balaban J connectivity index is 1.13. The van der Waals surface area contributed by atoms with E-state index in [4.69, 9.17) is 14.0 Å². The summed E-state index contributed by atoms with van der Waals surface area (Å²) in [5.74, 6) is 1.78. The van der Waals surface area contributed by atoms with Crippen LogP contribution in [0.4, 0.5) is 4.79 Å². The third-order valence-electron chi connectivity index (χ3n) is 6.15. The number of amides is 2. The average Bonchev–Trinajstić information content (AvgIpc) is 3.41. The Morgan fingerprint density at radius 3 is 2.61 bits per heavy atom. The average molecular weight is 393 g/mol. The van der Waals surface area contributed by atoms with Crippen LogP contribution in [-0.2, 0) is 15.9 Å². The van der Waals surface area contributed by atoms with Crippen molar-refractivity contribution >= 4 is 6.03 Å². The molecule has 0 spiro atoms. The van der Waals surface area contributed by atoms with Crippen LogP contribution in [-0.4, -0.2) is 66.1 Å². The molecule has 1 saturated carbocycles. The lowest BCUT2D eigenvalue weighted by Crippen LogP contribution is -2.48. The molecule has 156 valence electrons. The van der Waals surface area contributed by atoms with Crippen LogP contribution in [0.5, 0.6) is 0 Å². The molecule has 0 bridgehead atoms. The third kappa shape index (κ3) is 5.23. The molecule has 2 saturated heterocycles. The van der Waals surface area contributed by atoms with E-state index in [0.717, 1.165) is 76.5 Å². The summed E-state index contributed by atoms with van der Waals surface area (Å²) in [6.07, 6.45) is 9.25. The van der Waals surface area contributed by atoms with Gasteiger partial charge in [-0.3, -0.25) is 0 Å². The van der Waals surface area contributed by atoms with Crippen molar-refractivity contribution < 1.29 is 18.8 Å². The van der Waals surface area contributed by atoms with Crippen LogP contribution >= 0.6 is 0 Å². The Kier molecular flexibility index (Phi) is 6.80. The Labute approximate surface area is 166 Å². The minimum atomic E-state index is 0.0952. The van der Waals surface area contributed by atoms with Gasteiger partial charge in [-0.25, -0.2) is 4.79 Å². The highest BCUT2D eigenvalue weighted by Gasteiger charge is 2.26. The van der Waals surface area contributed by atoms with Gasteiger partial charge in [0.2, 0.25) is 5.89 Å². The van der Waals surface area contributed by atoms with Gasteiger partial charge in [0.15, 0.2) is 5.82 Å². The fourth-order valence-corrected chi connectivity index (χ4v) is 4.36. The fraction of sp³-hybridized carbons (Fsp3) is 0.850. The van der Waals surface area contributed by atoms with E-state index in [9.17, 15) is 4.79 Å². The number of carbonyl (C=O) groups excluding carboxylic acids is 1. The van der Waals surface area contributed by atoms with Crippen LogP contribution in [0, 0.1) is 0 Å². The molecule has 1 N–H and O–H groups in total. The summed E-state index contributed by atoms with van der Waals surface area (Å²) in [5, 5.41) is 7.26. The van der Waals surface area contributed by atoms with Crippen molar-refractivity contribution in [1.29, 1.82) is 0 Å². The minimum absolute atomic E-state index is 0.0952. The molecule has 3 heterocycles. The van der Waals surface area contributed by atoms with Crippen LogP contribution < -0.4 is 5.32 Å². The molecule has 4 rings (SSSR count). The van der Waals surface area contributed by atoms with Gasteiger partial charge in [-0.2, -0.15) is 4.98 Å². The number of ether oxygens (including phenoxy) is 2. The first-order chi connectivity index (χ1) is 13.8. The number of hydrogen-bond donors (Lipinski definition) is 1. The number of rotatable bonds is 6. The van der Waals surface area contributed by atoms with E-state index in [0.29, 0.717) is 25.0 Å². The molecule has 0 radical (unpaired) electrons. The van der Waals surface area contributed by atoms with Crippen LogP contribution in [0.3, 0.4) is 0 Å². The predicted molar refractivity (Wildman–Crippen MR) is 102 cm³/mol. The lowest BCUT2D eigenvalue weighted by molar-refractivity contribution is 0.0156. The highest BCUT2D eigenvalue weighted by molar-refractivity contribution is 5.74. The zero-order valence-corrected chi connectivity index (χ0v) is 16.6. The predicted octanol–water partition coefficient (Wildman–Crippen LogP) is 2.64. The van der Waals surface area contributed by atoms with Crippen LogP contribution in [0.2, 0.25) is 0 Å². The van der Waals surface area contributed by atoms with E-state index in [-0.39, 0.29) is 12.1 Å². The maximum absolute atomic E-state index is 12.3. The van der Waals surface area contributed by atoms with E-state index >= 15 is 0 Å². The molecule has 3 fully saturated rings. The lowest BCUT2D eigenvalue weighted by Gasteiger charge is -2.32. The number of likely N-dealkylation sites (tertiary alicyclic amines) is 1. The molecule has 1 aliphatic carbocycles. The standard InChI is InChI=1S/C20H32N4O4/c25-20(21-16-3-1-2-4-16)24-10-5-17(6-11-24)27-14-9-18-22-19(28-23-18)15-7-12-26-13-8-15/h15-17H,1-14H2,(H,21,25). The number of nitrogens with zero attached hydrogens (tertiary/aromatic N) is 3. The topological polar surface area (TPSA) is 89.7 Å². The van der Waals surface area contributed by atoms with Gasteiger partial charge in [-0.15, -0.1) is 0 Å². The first-order valence-electron chi connectivity index (χ1n) is 10.8. The molecule has 1 aromatic rings. The van der Waals surface area contributed by atoms with Crippen LogP contribution in [0.25, 0.3) is 0 Å². The van der Waals surface area contributed by atoms with Gasteiger partial charge in [0.25, 0.3) is 0 Å². The van der Waals surface area contributed by atoms with Gasteiger partial charge in [-0.05, 0) is 38.5 Å². The highest BCUT2D eigenvalue weighted by Crippen LogP contribution is 2.25. The number of aromatic nitrogens is 2. The van der Waals surface area contributed by atoms with E-state index in [1.807, 2.05) is 4.90 Å². The molecular formula is C20H32N4O4. The summed E-state index contributed by atoms with van der Waals surface area (Å²) >= 11 is 0. The maximum Gasteiger partial charge on any atom is 0.317 e. The number of hydrogen-bond acceptors (Lipinski definition) is 6. The SMILES string of the molecule is O=C(NC1CCCC1)N1CCC(OCCc2noc(C3CCOCC3)n2)CC1. The number of piperidine rings is 1. The minimum Gasteiger partial charge on any atom is -0.381 e. The van der Waals surface area contributed by atoms with Crippen molar-refractivity contribution in [3.05, 3.63) is 11.7 Å². The van der Waals surface area contributed by atoms with Gasteiger partial charge in [0.1, 0.15) is 0 Å². The summed E-state index contributed by atoms with van der Waals surface area (Å²) in [6, 6.07) is 0.472. The summed E-state index contributed by atoms with van der Waals surface area (Å²) in [7, 11) is 0. The molecule has 3 aliphatic rings. The number of nitrogens with one attached hydrogen (secondary N) is 1. The number of carbonyl (C=O) groups is 1. The maximum atomic E-state index is 12.3. The normalized spacial score (nSPS) is 22.6. The summed E-state index contributed by atoms with van der Waals surface area (Å²) < 4.78 is 16.8. The molecule has 0 aromatic carbocycles. The van der Waals surface area contributed by atoms with Crippen LogP contribution in [0.15, 0.2) is 4.52 Å². The van der Waals surface area contributed by atoms with Crippen LogP contribution in [0.1, 0.15) is 69.0 Å². The molecule has 8 nitrogen and oxygen atoms in total. The van der Waals surface area contributed by atoms with Gasteiger partial charge in [0.05, 0.1) is 12.7 Å². The first-order valence-corrected chi connectivity index (χ1v) is 10.8. The lowest BCUT2D eigenvalue weighted by atomic mass is 10.0. The van der Waals surface area contributed by atoms with Gasteiger partial charge >= 0.3 is 6.03 Å². The van der Waals surface area contributed by atoms with Crippen molar-refractivity contribution in [2.24, 2.45) is 0 Å². The van der Waals surface area contributed by atoms with Crippen molar-refractivity contribution in [3.8, 4) is 0 Å². The first kappa shape index (κ1) is 19.6. The summed E-state index contributed by atoms with van der Waals surface area (Å²) in [5.41, 5.74) is 0. The molecular weight excluding hydrogens is 360 g/mol. The second-order valence-electron chi connectivity index (χ2n) is 8.17. The molecule has 2 amide bonds. The summed E-state index contributed by atoms with van der Waals surface area (Å²) in [4.78, 5) is 18.8. The Morgan fingerprint density at radius 1 is 1.11 bits per heavy atom. The van der Waals surface area contributed by atoms with E-state index in [2.05, 4.69) is 15.5 Å². The van der Waals surface area contributed by atoms with Gasteiger partial charge in [0, 0.05) is 44.7 Å². The molecule has 28 heavy (non-hydrogen) atoms. The molecule has 1 aromatic heterocycles. The quantitative estimate of drug-likeness (QED) is 0.800. The van der Waals surface area contributed by atoms with E-state index < -0.39 is 0 Å². The van der Waals surface area contributed by atoms with Gasteiger partial charge in [-0.1, -0.05) is 18.0 Å². The van der Waals surface area contributed by atoms with Gasteiger partial charge < -0.3 is 24.2 Å². The third-order valence-corrected chi connectivity index (χ3v) is 6.15. The highest BCUT2D eigenvalue weighted by atomic mass is 16.5. The largest absolute Gasteiger partial charge is 0.381 e. The molecule has 2 aliphatic heterocycles. The Morgan fingerprint density at radius 2 is 1.86 bits per heavy atom. The van der Waals surface area contributed by atoms with E-state index in [1.54, 1.807) is 0 Å². The van der Waals surface area contributed by atoms with Crippen molar-refractivity contribution in [2.45, 2.75) is 75.9 Å². The Bertz CT molecular complexity index is 617. The summed E-state index contributed by atoms with van der Waals surface area (Å²) in [6.45, 7) is 3.65. The zero-order valence-electron chi connectivity index (χ0n) is 16.6. The second kappa shape index (κ2) is 9.69. The van der Waals surface area contributed by atoms with Crippen molar-refractivity contribution in [2.75, 3.05) is 32.9 Å². The van der Waals surface area contributed by atoms with Crippen molar-refractivity contribution in [3.63, 3.8) is 0 Å². The monoisotopic (exact) mass is 392 g/mol. The number of urea groups is 1. The molecule has 8 heteroatoms.